The van der Waals surface area contributed by atoms with Gasteiger partial charge in [-0.05, 0) is 17.9 Å². The van der Waals surface area contributed by atoms with Gasteiger partial charge >= 0.3 is 0 Å². The summed E-state index contributed by atoms with van der Waals surface area (Å²) in [6, 6.07) is 3.82. The molecule has 0 amide bonds. The fourth-order valence-corrected chi connectivity index (χ4v) is 1.13. The van der Waals surface area contributed by atoms with Crippen LogP contribution in [0.2, 0.25) is 0 Å². The summed E-state index contributed by atoms with van der Waals surface area (Å²) < 4.78 is 5.56. The van der Waals surface area contributed by atoms with Crippen LogP contribution in [0.3, 0.4) is 0 Å². The zero-order chi connectivity index (χ0) is 11.3. The number of hydrogen-bond acceptors (Lipinski definition) is 3. The Morgan fingerprint density at radius 2 is 2.13 bits per heavy atom. The Balaban J connectivity index is 2.30. The summed E-state index contributed by atoms with van der Waals surface area (Å²) in [7, 11) is 0. The van der Waals surface area contributed by atoms with Gasteiger partial charge in [0, 0.05) is 18.4 Å². The molecular weight excluding hydrogens is 188 g/mol. The minimum atomic E-state index is 0.320. The van der Waals surface area contributed by atoms with Gasteiger partial charge in [-0.2, -0.15) is 0 Å². The fraction of sp³-hybridized carbons (Fsp3) is 0.583. The van der Waals surface area contributed by atoms with Gasteiger partial charge in [-0.3, -0.25) is 0 Å². The molecule has 0 aliphatic rings. The second-order valence-corrected chi connectivity index (χ2v) is 4.91. The van der Waals surface area contributed by atoms with Gasteiger partial charge in [-0.25, -0.2) is 4.98 Å². The van der Waals surface area contributed by atoms with Crippen molar-refractivity contribution < 1.29 is 4.74 Å². The molecule has 15 heavy (non-hydrogen) atoms. The fourth-order valence-electron chi connectivity index (χ4n) is 1.13. The van der Waals surface area contributed by atoms with Crippen molar-refractivity contribution in [3.8, 4) is 0 Å². The molecule has 0 spiro atoms. The predicted octanol–water partition coefficient (Wildman–Crippen LogP) is 2.62. The molecule has 1 rings (SSSR count). The molecule has 0 aliphatic heterocycles. The maximum atomic E-state index is 5.70. The first-order valence-corrected chi connectivity index (χ1v) is 5.26. The van der Waals surface area contributed by atoms with Crippen LogP contribution in [0.25, 0.3) is 0 Å². The topological polar surface area (TPSA) is 48.1 Å². The Hall–Kier alpha value is -1.09. The average molecular weight is 208 g/mol. The third kappa shape index (κ3) is 4.79. The highest BCUT2D eigenvalue weighted by Gasteiger charge is 2.09. The molecule has 0 radical (unpaired) electrons. The summed E-state index contributed by atoms with van der Waals surface area (Å²) in [6.45, 7) is 7.92. The van der Waals surface area contributed by atoms with Crippen molar-refractivity contribution in [2.45, 2.75) is 33.8 Å². The van der Waals surface area contributed by atoms with Gasteiger partial charge in [-0.15, -0.1) is 0 Å². The van der Waals surface area contributed by atoms with Gasteiger partial charge in [0.15, 0.2) is 0 Å². The summed E-state index contributed by atoms with van der Waals surface area (Å²) in [5, 5.41) is 0. The van der Waals surface area contributed by atoms with Crippen molar-refractivity contribution in [2.24, 2.45) is 5.41 Å². The van der Waals surface area contributed by atoms with Crippen molar-refractivity contribution in [3.05, 3.63) is 23.9 Å². The Morgan fingerprint density at radius 3 is 2.73 bits per heavy atom. The van der Waals surface area contributed by atoms with Gasteiger partial charge in [0.25, 0.3) is 0 Å². The predicted molar refractivity (Wildman–Crippen MR) is 62.4 cm³/mol. The third-order valence-corrected chi connectivity index (χ3v) is 2.18. The first-order valence-electron chi connectivity index (χ1n) is 5.26. The molecule has 1 aromatic rings. The molecule has 0 aromatic carbocycles. The monoisotopic (exact) mass is 208 g/mol. The number of nitrogen functional groups attached to an aromatic ring is 1. The minimum Gasteiger partial charge on any atom is -0.383 e. The molecule has 0 fully saturated rings. The van der Waals surface area contributed by atoms with E-state index in [0.717, 1.165) is 18.6 Å². The quantitative estimate of drug-likeness (QED) is 0.774. The molecule has 0 saturated heterocycles. The standard InChI is InChI=1S/C12H20N2O/c1-12(2,3)6-8-15-9-10-5-4-7-14-11(10)13/h4-5,7H,6,8-9H2,1-3H3,(H2,13,14). The van der Waals surface area contributed by atoms with E-state index in [0.29, 0.717) is 17.8 Å². The van der Waals surface area contributed by atoms with E-state index in [4.69, 9.17) is 10.5 Å². The summed E-state index contributed by atoms with van der Waals surface area (Å²) in [5.41, 5.74) is 6.98. The van der Waals surface area contributed by atoms with E-state index in [-0.39, 0.29) is 0 Å². The van der Waals surface area contributed by atoms with Crippen LogP contribution < -0.4 is 5.73 Å². The summed E-state index contributed by atoms with van der Waals surface area (Å²) in [5.74, 6) is 0.563. The highest BCUT2D eigenvalue weighted by molar-refractivity contribution is 5.37. The highest BCUT2D eigenvalue weighted by Crippen LogP contribution is 2.18. The van der Waals surface area contributed by atoms with Crippen molar-refractivity contribution in [1.82, 2.24) is 4.98 Å². The van der Waals surface area contributed by atoms with Crippen LogP contribution in [0.1, 0.15) is 32.8 Å². The molecule has 0 bridgehead atoms. The van der Waals surface area contributed by atoms with E-state index >= 15 is 0 Å². The number of pyridine rings is 1. The lowest BCUT2D eigenvalue weighted by atomic mass is 9.93. The first-order chi connectivity index (χ1) is 6.99. The van der Waals surface area contributed by atoms with E-state index in [1.165, 1.54) is 0 Å². The molecular formula is C12H20N2O. The van der Waals surface area contributed by atoms with Gasteiger partial charge in [0.1, 0.15) is 5.82 Å². The van der Waals surface area contributed by atoms with Crippen LogP contribution in [0.5, 0.6) is 0 Å². The SMILES string of the molecule is CC(C)(C)CCOCc1cccnc1N. The molecule has 0 atom stereocenters. The van der Waals surface area contributed by atoms with Crippen molar-refractivity contribution in [2.75, 3.05) is 12.3 Å². The Kier molecular flexibility index (Phi) is 4.09. The third-order valence-electron chi connectivity index (χ3n) is 2.18. The molecule has 1 heterocycles. The normalized spacial score (nSPS) is 11.7. The van der Waals surface area contributed by atoms with E-state index in [2.05, 4.69) is 25.8 Å². The molecule has 3 nitrogen and oxygen atoms in total. The molecule has 2 N–H and O–H groups in total. The molecule has 3 heteroatoms. The average Bonchev–Trinajstić information content (AvgIpc) is 2.13. The number of ether oxygens (including phenoxy) is 1. The lowest BCUT2D eigenvalue weighted by molar-refractivity contribution is 0.0964. The Labute approximate surface area is 91.7 Å². The maximum absolute atomic E-state index is 5.70. The smallest absolute Gasteiger partial charge is 0.128 e. The van der Waals surface area contributed by atoms with Crippen LogP contribution in [0.4, 0.5) is 5.82 Å². The lowest BCUT2D eigenvalue weighted by Crippen LogP contribution is -2.10. The highest BCUT2D eigenvalue weighted by atomic mass is 16.5. The number of nitrogens with zero attached hydrogens (tertiary/aromatic N) is 1. The second kappa shape index (κ2) is 5.12. The van der Waals surface area contributed by atoms with Gasteiger partial charge in [0.2, 0.25) is 0 Å². The molecule has 1 aromatic heterocycles. The number of hydrogen-bond donors (Lipinski definition) is 1. The lowest BCUT2D eigenvalue weighted by Gasteiger charge is -2.17. The van der Waals surface area contributed by atoms with Crippen LogP contribution in [-0.2, 0) is 11.3 Å². The minimum absolute atomic E-state index is 0.320. The van der Waals surface area contributed by atoms with Gasteiger partial charge in [-0.1, -0.05) is 26.8 Å². The maximum Gasteiger partial charge on any atom is 0.128 e. The van der Waals surface area contributed by atoms with Crippen molar-refractivity contribution in [3.63, 3.8) is 0 Å². The number of anilines is 1. The van der Waals surface area contributed by atoms with Crippen LogP contribution >= 0.6 is 0 Å². The van der Waals surface area contributed by atoms with E-state index in [1.54, 1.807) is 6.20 Å². The number of rotatable bonds is 4. The van der Waals surface area contributed by atoms with Gasteiger partial charge in [0.05, 0.1) is 6.61 Å². The molecule has 0 saturated carbocycles. The number of nitrogens with two attached hydrogens (primary N) is 1. The van der Waals surface area contributed by atoms with E-state index in [9.17, 15) is 0 Å². The molecule has 0 aliphatic carbocycles. The van der Waals surface area contributed by atoms with Crippen LogP contribution in [-0.4, -0.2) is 11.6 Å². The first kappa shape index (κ1) is 12.0. The van der Waals surface area contributed by atoms with Crippen LogP contribution in [0.15, 0.2) is 18.3 Å². The zero-order valence-corrected chi connectivity index (χ0v) is 9.79. The van der Waals surface area contributed by atoms with Crippen molar-refractivity contribution >= 4 is 5.82 Å². The van der Waals surface area contributed by atoms with Crippen molar-refractivity contribution in [1.29, 1.82) is 0 Å². The Morgan fingerprint density at radius 1 is 1.40 bits per heavy atom. The molecule has 0 unspecified atom stereocenters. The molecule has 84 valence electrons. The summed E-state index contributed by atoms with van der Waals surface area (Å²) in [4.78, 5) is 4.00. The van der Waals surface area contributed by atoms with E-state index < -0.39 is 0 Å². The zero-order valence-electron chi connectivity index (χ0n) is 9.79. The Bertz CT molecular complexity index is 305. The van der Waals surface area contributed by atoms with Crippen LogP contribution in [0, 0.1) is 5.41 Å². The summed E-state index contributed by atoms with van der Waals surface area (Å²) >= 11 is 0. The second-order valence-electron chi connectivity index (χ2n) is 4.91. The van der Waals surface area contributed by atoms with E-state index in [1.807, 2.05) is 12.1 Å². The van der Waals surface area contributed by atoms with Gasteiger partial charge < -0.3 is 10.5 Å². The largest absolute Gasteiger partial charge is 0.383 e. The number of aromatic nitrogens is 1. The summed E-state index contributed by atoms with van der Waals surface area (Å²) in [6.07, 6.45) is 2.74.